The first-order valence-corrected chi connectivity index (χ1v) is 9.65. The van der Waals surface area contributed by atoms with E-state index >= 15 is 0 Å². The van der Waals surface area contributed by atoms with Gasteiger partial charge in [0, 0.05) is 19.7 Å². The molecule has 0 aromatic heterocycles. The van der Waals surface area contributed by atoms with E-state index in [2.05, 4.69) is 24.5 Å². The van der Waals surface area contributed by atoms with Gasteiger partial charge in [-0.05, 0) is 38.5 Å². The van der Waals surface area contributed by atoms with Crippen LogP contribution in [0.3, 0.4) is 0 Å². The first-order chi connectivity index (χ1) is 11.5. The number of nitrogens with one attached hydrogen (secondary N) is 2. The Balaban J connectivity index is 1.86. The van der Waals surface area contributed by atoms with Crippen molar-refractivity contribution in [3.63, 3.8) is 0 Å². The van der Waals surface area contributed by atoms with Crippen molar-refractivity contribution in [2.45, 2.75) is 72.1 Å². The van der Waals surface area contributed by atoms with Gasteiger partial charge in [-0.15, -0.1) is 0 Å². The second-order valence-corrected chi connectivity index (χ2v) is 7.18. The normalized spacial score (nSPS) is 15.3. The summed E-state index contributed by atoms with van der Waals surface area (Å²) in [5.41, 5.74) is -0.0490. The van der Waals surface area contributed by atoms with Gasteiger partial charge in [0.05, 0.1) is 5.41 Å². The topological polar surface area (TPSA) is 67.4 Å². The van der Waals surface area contributed by atoms with E-state index in [4.69, 9.17) is 4.74 Å². The van der Waals surface area contributed by atoms with Crippen molar-refractivity contribution in [1.82, 2.24) is 10.6 Å². The van der Waals surface area contributed by atoms with Gasteiger partial charge in [-0.25, -0.2) is 0 Å². The molecule has 1 aliphatic carbocycles. The van der Waals surface area contributed by atoms with Crippen molar-refractivity contribution < 1.29 is 14.3 Å². The summed E-state index contributed by atoms with van der Waals surface area (Å²) in [5, 5.41) is 5.97. The number of carbonyl (C=O) groups is 2. The zero-order valence-corrected chi connectivity index (χ0v) is 15.8. The van der Waals surface area contributed by atoms with Crippen LogP contribution in [0.2, 0.25) is 0 Å². The van der Waals surface area contributed by atoms with Crippen LogP contribution in [0, 0.1) is 11.3 Å². The van der Waals surface area contributed by atoms with Gasteiger partial charge in [0.1, 0.15) is 6.61 Å². The van der Waals surface area contributed by atoms with Crippen LogP contribution in [0.25, 0.3) is 0 Å². The molecule has 0 aromatic carbocycles. The molecule has 0 bridgehead atoms. The summed E-state index contributed by atoms with van der Waals surface area (Å²) < 4.78 is 5.04. The first-order valence-electron chi connectivity index (χ1n) is 9.65. The van der Waals surface area contributed by atoms with E-state index in [-0.39, 0.29) is 23.8 Å². The average Bonchev–Trinajstić information content (AvgIpc) is 3.36. The lowest BCUT2D eigenvalue weighted by Gasteiger charge is -2.18. The third-order valence-electron chi connectivity index (χ3n) is 4.99. The van der Waals surface area contributed by atoms with Crippen LogP contribution in [-0.2, 0) is 14.3 Å². The van der Waals surface area contributed by atoms with Crippen molar-refractivity contribution in [1.29, 1.82) is 0 Å². The standard InChI is InChI=1S/C19H36N2O3/c1-4-24-15-17(22)20-13-9-7-5-6-8-10-14-21-18(23)19(11-12-19)16(2)3/h16H,4-15H2,1-3H3,(H,20,22)(H,21,23). The molecular weight excluding hydrogens is 304 g/mol. The summed E-state index contributed by atoms with van der Waals surface area (Å²) in [6.07, 6.45) is 8.86. The van der Waals surface area contributed by atoms with Gasteiger partial charge < -0.3 is 15.4 Å². The summed E-state index contributed by atoms with van der Waals surface area (Å²) in [5.74, 6) is 0.689. The van der Waals surface area contributed by atoms with Crippen LogP contribution >= 0.6 is 0 Å². The van der Waals surface area contributed by atoms with Crippen molar-refractivity contribution in [3.05, 3.63) is 0 Å². The Morgan fingerprint density at radius 1 is 0.958 bits per heavy atom. The van der Waals surface area contributed by atoms with E-state index in [1.807, 2.05) is 6.92 Å². The van der Waals surface area contributed by atoms with E-state index in [1.54, 1.807) is 0 Å². The molecular formula is C19H36N2O3. The predicted molar refractivity (Wildman–Crippen MR) is 96.7 cm³/mol. The average molecular weight is 341 g/mol. The molecule has 24 heavy (non-hydrogen) atoms. The molecule has 0 aliphatic heterocycles. The van der Waals surface area contributed by atoms with Crippen LogP contribution in [0.1, 0.15) is 72.1 Å². The highest BCUT2D eigenvalue weighted by atomic mass is 16.5. The van der Waals surface area contributed by atoms with Gasteiger partial charge >= 0.3 is 0 Å². The first kappa shape index (κ1) is 20.9. The van der Waals surface area contributed by atoms with Gasteiger partial charge in [-0.1, -0.05) is 39.5 Å². The summed E-state index contributed by atoms with van der Waals surface area (Å²) in [6, 6.07) is 0. The smallest absolute Gasteiger partial charge is 0.245 e. The fourth-order valence-corrected chi connectivity index (χ4v) is 3.01. The Kier molecular flexibility index (Phi) is 9.99. The molecule has 2 N–H and O–H groups in total. The molecule has 1 saturated carbocycles. The minimum atomic E-state index is -0.0490. The summed E-state index contributed by atoms with van der Waals surface area (Å²) in [7, 11) is 0. The molecule has 5 nitrogen and oxygen atoms in total. The van der Waals surface area contributed by atoms with Crippen LogP contribution in [-0.4, -0.2) is 38.1 Å². The maximum absolute atomic E-state index is 12.1. The van der Waals surface area contributed by atoms with Gasteiger partial charge in [0.25, 0.3) is 0 Å². The highest BCUT2D eigenvalue weighted by Crippen LogP contribution is 2.51. The molecule has 2 amide bonds. The second-order valence-electron chi connectivity index (χ2n) is 7.18. The van der Waals surface area contributed by atoms with Crippen LogP contribution in [0.15, 0.2) is 0 Å². The molecule has 0 saturated heterocycles. The molecule has 140 valence electrons. The fraction of sp³-hybridized carbons (Fsp3) is 0.895. The molecule has 0 spiro atoms. The summed E-state index contributed by atoms with van der Waals surface area (Å²) >= 11 is 0. The number of hydrogen-bond acceptors (Lipinski definition) is 3. The number of rotatable bonds is 14. The van der Waals surface area contributed by atoms with Crippen molar-refractivity contribution >= 4 is 11.8 Å². The number of hydrogen-bond donors (Lipinski definition) is 2. The SMILES string of the molecule is CCOCC(=O)NCCCCCCCCNC(=O)C1(C(C)C)CC1. The van der Waals surface area contributed by atoms with Crippen LogP contribution in [0.5, 0.6) is 0 Å². The largest absolute Gasteiger partial charge is 0.372 e. The zero-order valence-electron chi connectivity index (χ0n) is 15.8. The lowest BCUT2D eigenvalue weighted by atomic mass is 9.91. The van der Waals surface area contributed by atoms with Gasteiger partial charge in [-0.3, -0.25) is 9.59 Å². The van der Waals surface area contributed by atoms with E-state index in [0.717, 1.165) is 51.6 Å². The Labute approximate surface area is 147 Å². The minimum absolute atomic E-state index is 0.0255. The number of amides is 2. The third kappa shape index (κ3) is 7.65. The van der Waals surface area contributed by atoms with E-state index in [9.17, 15) is 9.59 Å². The third-order valence-corrected chi connectivity index (χ3v) is 4.99. The Morgan fingerprint density at radius 2 is 1.50 bits per heavy atom. The number of ether oxygens (including phenoxy) is 1. The van der Waals surface area contributed by atoms with Gasteiger partial charge in [0.2, 0.25) is 11.8 Å². The van der Waals surface area contributed by atoms with Gasteiger partial charge in [0.15, 0.2) is 0 Å². The van der Waals surface area contributed by atoms with E-state index in [1.165, 1.54) is 12.8 Å². The van der Waals surface area contributed by atoms with E-state index < -0.39 is 0 Å². The predicted octanol–water partition coefficient (Wildman–Crippen LogP) is 3.03. The Bertz CT molecular complexity index is 379. The molecule has 5 heteroatoms. The lowest BCUT2D eigenvalue weighted by molar-refractivity contribution is -0.128. The molecule has 0 unspecified atom stereocenters. The monoisotopic (exact) mass is 340 g/mol. The highest BCUT2D eigenvalue weighted by Gasteiger charge is 2.51. The Morgan fingerprint density at radius 3 is 2.00 bits per heavy atom. The summed E-state index contributed by atoms with van der Waals surface area (Å²) in [4.78, 5) is 23.5. The van der Waals surface area contributed by atoms with Gasteiger partial charge in [-0.2, -0.15) is 0 Å². The second kappa shape index (κ2) is 11.5. The Hall–Kier alpha value is -1.10. The highest BCUT2D eigenvalue weighted by molar-refractivity contribution is 5.85. The fourth-order valence-electron chi connectivity index (χ4n) is 3.01. The zero-order chi connectivity index (χ0) is 17.8. The molecule has 1 fully saturated rings. The maximum atomic E-state index is 12.1. The quantitative estimate of drug-likeness (QED) is 0.478. The maximum Gasteiger partial charge on any atom is 0.245 e. The number of carbonyl (C=O) groups excluding carboxylic acids is 2. The summed E-state index contributed by atoms with van der Waals surface area (Å²) in [6.45, 7) is 8.46. The van der Waals surface area contributed by atoms with Crippen LogP contribution < -0.4 is 10.6 Å². The molecule has 0 atom stereocenters. The molecule has 1 aliphatic rings. The van der Waals surface area contributed by atoms with Crippen molar-refractivity contribution in [2.75, 3.05) is 26.3 Å². The molecule has 0 aromatic rings. The van der Waals surface area contributed by atoms with Crippen LogP contribution in [0.4, 0.5) is 0 Å². The minimum Gasteiger partial charge on any atom is -0.372 e. The van der Waals surface area contributed by atoms with Crippen molar-refractivity contribution in [3.8, 4) is 0 Å². The lowest BCUT2D eigenvalue weighted by Crippen LogP contribution is -2.35. The molecule has 1 rings (SSSR count). The van der Waals surface area contributed by atoms with E-state index in [0.29, 0.717) is 12.5 Å². The molecule has 0 heterocycles. The van der Waals surface area contributed by atoms with Crippen molar-refractivity contribution in [2.24, 2.45) is 11.3 Å². The molecule has 0 radical (unpaired) electrons. The number of unbranched alkanes of at least 4 members (excludes halogenated alkanes) is 5.